The van der Waals surface area contributed by atoms with E-state index in [-0.39, 0.29) is 11.6 Å². The number of benzene rings is 1. The second kappa shape index (κ2) is 4.70. The van der Waals surface area contributed by atoms with Crippen LogP contribution in [0.15, 0.2) is 47.2 Å². The molecule has 2 aromatic heterocycles. The molecule has 0 aliphatic carbocycles. The van der Waals surface area contributed by atoms with Crippen molar-refractivity contribution in [2.75, 3.05) is 0 Å². The minimum absolute atomic E-state index is 0.0364. The number of phenols is 1. The number of hydrogen-bond donors (Lipinski definition) is 1. The van der Waals surface area contributed by atoms with E-state index < -0.39 is 0 Å². The van der Waals surface area contributed by atoms with Gasteiger partial charge in [0, 0.05) is 23.0 Å². The van der Waals surface area contributed by atoms with Gasteiger partial charge in [0.2, 0.25) is 5.82 Å². The second-order valence-corrected chi connectivity index (χ2v) is 4.26. The van der Waals surface area contributed by atoms with E-state index in [1.807, 2.05) is 0 Å². The Balaban J connectivity index is 2.04. The summed E-state index contributed by atoms with van der Waals surface area (Å²) in [5.74, 6) is 0.679. The molecule has 5 nitrogen and oxygen atoms in total. The van der Waals surface area contributed by atoms with Crippen LogP contribution >= 0.6 is 11.6 Å². The molecule has 19 heavy (non-hydrogen) atoms. The SMILES string of the molecule is Oc1ccc(Cl)cc1-c1nc(-c2ccncc2)no1. The molecule has 0 saturated carbocycles. The Labute approximate surface area is 113 Å². The minimum atomic E-state index is 0.0364. The minimum Gasteiger partial charge on any atom is -0.507 e. The molecule has 0 saturated heterocycles. The summed E-state index contributed by atoms with van der Waals surface area (Å²) < 4.78 is 5.14. The number of aromatic hydroxyl groups is 1. The number of pyridine rings is 1. The van der Waals surface area contributed by atoms with Gasteiger partial charge in [0.1, 0.15) is 5.75 Å². The summed E-state index contributed by atoms with van der Waals surface area (Å²) in [6, 6.07) is 8.17. The molecule has 0 fully saturated rings. The highest BCUT2D eigenvalue weighted by atomic mass is 35.5. The van der Waals surface area contributed by atoms with Gasteiger partial charge in [-0.05, 0) is 30.3 Å². The Morgan fingerprint density at radius 3 is 2.68 bits per heavy atom. The average molecular weight is 274 g/mol. The standard InChI is InChI=1S/C13H8ClN3O2/c14-9-1-2-11(18)10(7-9)13-16-12(17-19-13)8-3-5-15-6-4-8/h1-7,18H. The zero-order chi connectivity index (χ0) is 13.2. The number of hydrogen-bond acceptors (Lipinski definition) is 5. The first-order valence-corrected chi connectivity index (χ1v) is 5.85. The highest BCUT2D eigenvalue weighted by molar-refractivity contribution is 6.30. The van der Waals surface area contributed by atoms with Crippen LogP contribution in [0, 0.1) is 0 Å². The molecule has 0 atom stereocenters. The van der Waals surface area contributed by atoms with E-state index in [0.29, 0.717) is 16.4 Å². The summed E-state index contributed by atoms with van der Waals surface area (Å²) in [5, 5.41) is 14.1. The normalized spacial score (nSPS) is 10.6. The van der Waals surface area contributed by atoms with Crippen LogP contribution in [0.4, 0.5) is 0 Å². The van der Waals surface area contributed by atoms with Gasteiger partial charge in [0.15, 0.2) is 0 Å². The van der Waals surface area contributed by atoms with Crippen molar-refractivity contribution in [2.45, 2.75) is 0 Å². The van der Waals surface area contributed by atoms with E-state index in [1.54, 1.807) is 36.7 Å². The van der Waals surface area contributed by atoms with E-state index in [9.17, 15) is 5.11 Å². The number of rotatable bonds is 2. The fourth-order valence-corrected chi connectivity index (χ4v) is 1.80. The summed E-state index contributed by atoms with van der Waals surface area (Å²) in [4.78, 5) is 8.15. The van der Waals surface area contributed by atoms with Crippen LogP contribution in [0.1, 0.15) is 0 Å². The van der Waals surface area contributed by atoms with Gasteiger partial charge in [-0.2, -0.15) is 4.98 Å². The largest absolute Gasteiger partial charge is 0.507 e. The monoisotopic (exact) mass is 273 g/mol. The lowest BCUT2D eigenvalue weighted by Crippen LogP contribution is -1.82. The Kier molecular flexibility index (Phi) is 2.89. The number of aromatic nitrogens is 3. The third kappa shape index (κ3) is 2.28. The van der Waals surface area contributed by atoms with E-state index in [0.717, 1.165) is 5.56 Å². The first kappa shape index (κ1) is 11.7. The smallest absolute Gasteiger partial charge is 0.262 e. The van der Waals surface area contributed by atoms with E-state index in [1.165, 1.54) is 6.07 Å². The molecule has 1 aromatic carbocycles. The second-order valence-electron chi connectivity index (χ2n) is 3.82. The Hall–Kier alpha value is -2.40. The van der Waals surface area contributed by atoms with Crippen molar-refractivity contribution in [3.63, 3.8) is 0 Å². The molecule has 6 heteroatoms. The topological polar surface area (TPSA) is 72.0 Å². The zero-order valence-corrected chi connectivity index (χ0v) is 10.4. The molecule has 0 aliphatic heterocycles. The van der Waals surface area contributed by atoms with Crippen molar-refractivity contribution < 1.29 is 9.63 Å². The lowest BCUT2D eigenvalue weighted by molar-refractivity contribution is 0.426. The van der Waals surface area contributed by atoms with Gasteiger partial charge in [-0.1, -0.05) is 16.8 Å². The predicted octanol–water partition coefficient (Wildman–Crippen LogP) is 3.16. The molecule has 0 radical (unpaired) electrons. The molecule has 0 bridgehead atoms. The summed E-state index contributed by atoms with van der Waals surface area (Å²) >= 11 is 5.88. The van der Waals surface area contributed by atoms with E-state index >= 15 is 0 Å². The molecule has 3 rings (SSSR count). The van der Waals surface area contributed by atoms with Gasteiger partial charge in [-0.15, -0.1) is 0 Å². The summed E-state index contributed by atoms with van der Waals surface area (Å²) in [6.45, 7) is 0. The molecule has 0 amide bonds. The van der Waals surface area contributed by atoms with Gasteiger partial charge in [0.25, 0.3) is 5.89 Å². The van der Waals surface area contributed by atoms with Gasteiger partial charge < -0.3 is 9.63 Å². The Morgan fingerprint density at radius 2 is 1.89 bits per heavy atom. The van der Waals surface area contributed by atoms with Crippen molar-refractivity contribution in [3.05, 3.63) is 47.7 Å². The van der Waals surface area contributed by atoms with Crippen molar-refractivity contribution in [1.82, 2.24) is 15.1 Å². The van der Waals surface area contributed by atoms with Crippen molar-refractivity contribution in [3.8, 4) is 28.6 Å². The number of nitrogens with zero attached hydrogens (tertiary/aromatic N) is 3. The fourth-order valence-electron chi connectivity index (χ4n) is 1.63. The quantitative estimate of drug-likeness (QED) is 0.776. The van der Waals surface area contributed by atoms with Crippen LogP contribution in [0.2, 0.25) is 5.02 Å². The maximum atomic E-state index is 9.77. The highest BCUT2D eigenvalue weighted by Gasteiger charge is 2.14. The van der Waals surface area contributed by atoms with Gasteiger partial charge >= 0.3 is 0 Å². The first-order chi connectivity index (χ1) is 9.24. The third-order valence-corrected chi connectivity index (χ3v) is 2.79. The lowest BCUT2D eigenvalue weighted by Gasteiger charge is -1.98. The summed E-state index contributed by atoms with van der Waals surface area (Å²) in [7, 11) is 0. The van der Waals surface area contributed by atoms with Gasteiger partial charge in [-0.25, -0.2) is 0 Å². The zero-order valence-electron chi connectivity index (χ0n) is 9.62. The van der Waals surface area contributed by atoms with Crippen LogP contribution in [0.3, 0.4) is 0 Å². The average Bonchev–Trinajstić information content (AvgIpc) is 2.92. The molecule has 0 aliphatic rings. The molecule has 1 N–H and O–H groups in total. The van der Waals surface area contributed by atoms with Crippen LogP contribution in [0.25, 0.3) is 22.8 Å². The summed E-state index contributed by atoms with van der Waals surface area (Å²) in [5.41, 5.74) is 1.19. The molecule has 2 heterocycles. The van der Waals surface area contributed by atoms with Crippen molar-refractivity contribution >= 4 is 11.6 Å². The van der Waals surface area contributed by atoms with Crippen molar-refractivity contribution in [2.24, 2.45) is 0 Å². The third-order valence-electron chi connectivity index (χ3n) is 2.55. The van der Waals surface area contributed by atoms with Gasteiger partial charge in [-0.3, -0.25) is 4.98 Å². The van der Waals surface area contributed by atoms with Crippen LogP contribution in [-0.4, -0.2) is 20.2 Å². The predicted molar refractivity (Wildman–Crippen MR) is 69.6 cm³/mol. The maximum absolute atomic E-state index is 9.77. The van der Waals surface area contributed by atoms with Crippen molar-refractivity contribution in [1.29, 1.82) is 0 Å². The molecular formula is C13H8ClN3O2. The molecule has 94 valence electrons. The van der Waals surface area contributed by atoms with Crippen LogP contribution in [-0.2, 0) is 0 Å². The van der Waals surface area contributed by atoms with Gasteiger partial charge in [0.05, 0.1) is 5.56 Å². The van der Waals surface area contributed by atoms with E-state index in [4.69, 9.17) is 16.1 Å². The first-order valence-electron chi connectivity index (χ1n) is 5.47. The number of halogens is 1. The molecule has 3 aromatic rings. The van der Waals surface area contributed by atoms with E-state index in [2.05, 4.69) is 15.1 Å². The molecule has 0 unspecified atom stereocenters. The Morgan fingerprint density at radius 1 is 1.11 bits per heavy atom. The van der Waals surface area contributed by atoms with Crippen LogP contribution < -0.4 is 0 Å². The maximum Gasteiger partial charge on any atom is 0.262 e. The Bertz CT molecular complexity index is 713. The highest BCUT2D eigenvalue weighted by Crippen LogP contribution is 2.31. The molecular weight excluding hydrogens is 266 g/mol. The molecule has 0 spiro atoms. The van der Waals surface area contributed by atoms with Crippen LogP contribution in [0.5, 0.6) is 5.75 Å². The fraction of sp³-hybridized carbons (Fsp3) is 0. The lowest BCUT2D eigenvalue weighted by atomic mass is 10.2. The number of phenolic OH excluding ortho intramolecular Hbond substituents is 1. The summed E-state index contributed by atoms with van der Waals surface area (Å²) in [6.07, 6.45) is 3.28.